The van der Waals surface area contributed by atoms with E-state index in [1.165, 1.54) is 5.56 Å². The van der Waals surface area contributed by atoms with Crippen LogP contribution in [0.25, 0.3) is 6.08 Å². The van der Waals surface area contributed by atoms with E-state index in [4.69, 9.17) is 0 Å². The van der Waals surface area contributed by atoms with Crippen LogP contribution in [0.15, 0.2) is 55.2 Å². The van der Waals surface area contributed by atoms with Crippen molar-refractivity contribution in [3.63, 3.8) is 0 Å². The molecule has 0 atom stereocenters. The summed E-state index contributed by atoms with van der Waals surface area (Å²) in [5, 5.41) is 0. The van der Waals surface area contributed by atoms with Crippen LogP contribution < -0.4 is 0 Å². The average Bonchev–Trinajstić information content (AvgIpc) is 2.31. The fourth-order valence-corrected chi connectivity index (χ4v) is 1.53. The van der Waals surface area contributed by atoms with Crippen molar-refractivity contribution in [2.45, 2.75) is 6.42 Å². The van der Waals surface area contributed by atoms with Gasteiger partial charge < -0.3 is 0 Å². The molecule has 2 aromatic rings. The second kappa shape index (κ2) is 4.56. The van der Waals surface area contributed by atoms with E-state index >= 15 is 0 Å². The Bertz CT molecular complexity index is 446. The first-order chi connectivity index (χ1) is 7.38. The van der Waals surface area contributed by atoms with Gasteiger partial charge in [0, 0.05) is 18.3 Å². The van der Waals surface area contributed by atoms with Gasteiger partial charge in [-0.05, 0) is 23.3 Å². The van der Waals surface area contributed by atoms with Crippen molar-refractivity contribution < 1.29 is 0 Å². The molecule has 0 radical (unpaired) electrons. The molecule has 0 aliphatic rings. The highest BCUT2D eigenvalue weighted by Gasteiger charge is 1.97. The standard InChI is InChI=1S/C14H13N/c1-2-12-8-9-15-14(10-12)11-13-6-4-3-5-7-13/h2-10H,1,11H2. The zero-order valence-corrected chi connectivity index (χ0v) is 8.56. The number of pyridine rings is 1. The number of nitrogens with zero attached hydrogens (tertiary/aromatic N) is 1. The molecule has 0 saturated carbocycles. The first kappa shape index (κ1) is 9.66. The minimum Gasteiger partial charge on any atom is -0.261 e. The fraction of sp³-hybridized carbons (Fsp3) is 0.0714. The fourth-order valence-electron chi connectivity index (χ4n) is 1.53. The lowest BCUT2D eigenvalue weighted by molar-refractivity contribution is 1.07. The van der Waals surface area contributed by atoms with Gasteiger partial charge in [-0.25, -0.2) is 0 Å². The topological polar surface area (TPSA) is 12.9 Å². The Balaban J connectivity index is 2.21. The SMILES string of the molecule is C=Cc1ccnc(Cc2ccccc2)c1. The summed E-state index contributed by atoms with van der Waals surface area (Å²) in [6.07, 6.45) is 4.55. The molecule has 0 aliphatic heterocycles. The van der Waals surface area contributed by atoms with Crippen molar-refractivity contribution in [2.24, 2.45) is 0 Å². The molecule has 0 bridgehead atoms. The number of benzene rings is 1. The molecule has 1 nitrogen and oxygen atoms in total. The van der Waals surface area contributed by atoms with Crippen LogP contribution in [0, 0.1) is 0 Å². The molecule has 0 spiro atoms. The predicted octanol–water partition coefficient (Wildman–Crippen LogP) is 3.32. The second-order valence-corrected chi connectivity index (χ2v) is 3.45. The maximum atomic E-state index is 4.33. The van der Waals surface area contributed by atoms with Crippen molar-refractivity contribution in [1.82, 2.24) is 4.98 Å². The van der Waals surface area contributed by atoms with Crippen LogP contribution in [0.2, 0.25) is 0 Å². The highest BCUT2D eigenvalue weighted by atomic mass is 14.7. The van der Waals surface area contributed by atoms with E-state index in [2.05, 4.69) is 29.8 Å². The Morgan fingerprint density at radius 3 is 2.67 bits per heavy atom. The molecular formula is C14H13N. The quantitative estimate of drug-likeness (QED) is 0.732. The molecule has 0 fully saturated rings. The van der Waals surface area contributed by atoms with Crippen LogP contribution in [-0.2, 0) is 6.42 Å². The van der Waals surface area contributed by atoms with E-state index in [1.807, 2.05) is 36.5 Å². The Morgan fingerprint density at radius 2 is 1.93 bits per heavy atom. The van der Waals surface area contributed by atoms with E-state index in [0.717, 1.165) is 17.7 Å². The molecule has 0 N–H and O–H groups in total. The highest BCUT2D eigenvalue weighted by molar-refractivity contribution is 5.46. The van der Waals surface area contributed by atoms with E-state index in [1.54, 1.807) is 0 Å². The molecule has 1 aromatic heterocycles. The lowest BCUT2D eigenvalue weighted by atomic mass is 10.1. The van der Waals surface area contributed by atoms with Gasteiger partial charge in [0.05, 0.1) is 0 Å². The Hall–Kier alpha value is -1.89. The van der Waals surface area contributed by atoms with Crippen molar-refractivity contribution in [3.8, 4) is 0 Å². The number of hydrogen-bond donors (Lipinski definition) is 0. The summed E-state index contributed by atoms with van der Waals surface area (Å²) < 4.78 is 0. The van der Waals surface area contributed by atoms with Gasteiger partial charge in [-0.3, -0.25) is 4.98 Å². The smallest absolute Gasteiger partial charge is 0.0453 e. The minimum absolute atomic E-state index is 0.878. The van der Waals surface area contributed by atoms with Gasteiger partial charge >= 0.3 is 0 Å². The van der Waals surface area contributed by atoms with Crippen LogP contribution in [0.4, 0.5) is 0 Å². The first-order valence-corrected chi connectivity index (χ1v) is 5.00. The maximum Gasteiger partial charge on any atom is 0.0453 e. The molecule has 0 amide bonds. The van der Waals surface area contributed by atoms with E-state index in [-0.39, 0.29) is 0 Å². The molecule has 1 heteroatoms. The summed E-state index contributed by atoms with van der Waals surface area (Å²) in [4.78, 5) is 4.33. The van der Waals surface area contributed by atoms with Crippen molar-refractivity contribution in [1.29, 1.82) is 0 Å². The number of aromatic nitrogens is 1. The zero-order valence-electron chi connectivity index (χ0n) is 8.56. The van der Waals surface area contributed by atoms with Gasteiger partial charge in [-0.2, -0.15) is 0 Å². The lowest BCUT2D eigenvalue weighted by Gasteiger charge is -2.01. The maximum absolute atomic E-state index is 4.33. The highest BCUT2D eigenvalue weighted by Crippen LogP contribution is 2.09. The Labute approximate surface area is 90.1 Å². The monoisotopic (exact) mass is 195 g/mol. The molecule has 0 saturated heterocycles. The van der Waals surface area contributed by atoms with Gasteiger partial charge in [-0.15, -0.1) is 0 Å². The minimum atomic E-state index is 0.878. The molecule has 0 unspecified atom stereocenters. The third-order valence-electron chi connectivity index (χ3n) is 2.30. The molecule has 0 aliphatic carbocycles. The average molecular weight is 195 g/mol. The van der Waals surface area contributed by atoms with E-state index < -0.39 is 0 Å². The molecule has 1 heterocycles. The predicted molar refractivity (Wildman–Crippen MR) is 63.6 cm³/mol. The van der Waals surface area contributed by atoms with Crippen molar-refractivity contribution >= 4 is 6.08 Å². The Kier molecular flexibility index (Phi) is 2.93. The van der Waals surface area contributed by atoms with E-state index in [0.29, 0.717) is 0 Å². The molecule has 15 heavy (non-hydrogen) atoms. The summed E-state index contributed by atoms with van der Waals surface area (Å²) in [6.45, 7) is 3.75. The van der Waals surface area contributed by atoms with Crippen LogP contribution in [0.1, 0.15) is 16.8 Å². The van der Waals surface area contributed by atoms with Gasteiger partial charge in [0.25, 0.3) is 0 Å². The summed E-state index contributed by atoms with van der Waals surface area (Å²) in [6, 6.07) is 14.4. The summed E-state index contributed by atoms with van der Waals surface area (Å²) >= 11 is 0. The first-order valence-electron chi connectivity index (χ1n) is 5.00. The van der Waals surface area contributed by atoms with Crippen LogP contribution >= 0.6 is 0 Å². The molecule has 2 rings (SSSR count). The second-order valence-electron chi connectivity index (χ2n) is 3.45. The van der Waals surface area contributed by atoms with Gasteiger partial charge in [-0.1, -0.05) is 43.0 Å². The van der Waals surface area contributed by atoms with Crippen LogP contribution in [-0.4, -0.2) is 4.98 Å². The summed E-state index contributed by atoms with van der Waals surface area (Å²) in [7, 11) is 0. The number of rotatable bonds is 3. The van der Waals surface area contributed by atoms with Gasteiger partial charge in [0.15, 0.2) is 0 Å². The van der Waals surface area contributed by atoms with E-state index in [9.17, 15) is 0 Å². The number of hydrogen-bond acceptors (Lipinski definition) is 1. The third-order valence-corrected chi connectivity index (χ3v) is 2.30. The molecule has 1 aromatic carbocycles. The molecule has 74 valence electrons. The Morgan fingerprint density at radius 1 is 1.13 bits per heavy atom. The van der Waals surface area contributed by atoms with Gasteiger partial charge in [0.2, 0.25) is 0 Å². The summed E-state index contributed by atoms with van der Waals surface area (Å²) in [5.41, 5.74) is 3.49. The summed E-state index contributed by atoms with van der Waals surface area (Å²) in [5.74, 6) is 0. The third kappa shape index (κ3) is 2.53. The largest absolute Gasteiger partial charge is 0.261 e. The lowest BCUT2D eigenvalue weighted by Crippen LogP contribution is -1.91. The van der Waals surface area contributed by atoms with Gasteiger partial charge in [0.1, 0.15) is 0 Å². The molecular weight excluding hydrogens is 182 g/mol. The van der Waals surface area contributed by atoms with Crippen LogP contribution in [0.3, 0.4) is 0 Å². The van der Waals surface area contributed by atoms with Crippen molar-refractivity contribution in [2.75, 3.05) is 0 Å². The van der Waals surface area contributed by atoms with Crippen molar-refractivity contribution in [3.05, 3.63) is 72.1 Å². The van der Waals surface area contributed by atoms with Crippen LogP contribution in [0.5, 0.6) is 0 Å². The normalized spacial score (nSPS) is 9.87. The zero-order chi connectivity index (χ0) is 10.5.